The number of nitrogens with one attached hydrogen (secondary N) is 2. The molecule has 0 aromatic heterocycles. The first-order valence-corrected chi connectivity index (χ1v) is 8.57. The lowest BCUT2D eigenvalue weighted by atomic mass is 9.85. The highest BCUT2D eigenvalue weighted by Gasteiger charge is 2.24. The summed E-state index contributed by atoms with van der Waals surface area (Å²) in [5, 5.41) is 7.20. The number of rotatable bonds is 5. The first-order chi connectivity index (χ1) is 10.8. The quantitative estimate of drug-likeness (QED) is 0.866. The van der Waals surface area contributed by atoms with E-state index in [9.17, 15) is 4.79 Å². The van der Waals surface area contributed by atoms with E-state index in [0.29, 0.717) is 18.1 Å². The minimum absolute atomic E-state index is 0.00993. The van der Waals surface area contributed by atoms with E-state index in [-0.39, 0.29) is 23.4 Å². The Morgan fingerprint density at radius 3 is 2.65 bits per heavy atom. The van der Waals surface area contributed by atoms with E-state index in [1.54, 1.807) is 0 Å². The first kappa shape index (κ1) is 18.2. The summed E-state index contributed by atoms with van der Waals surface area (Å²) in [6, 6.07) is 7.81. The van der Waals surface area contributed by atoms with Crippen molar-refractivity contribution in [2.75, 3.05) is 19.8 Å². The van der Waals surface area contributed by atoms with Crippen LogP contribution in [0, 0.1) is 5.41 Å². The molecule has 0 bridgehead atoms. The fourth-order valence-electron chi connectivity index (χ4n) is 2.79. The van der Waals surface area contributed by atoms with Crippen LogP contribution in [0.5, 0.6) is 0 Å². The van der Waals surface area contributed by atoms with Crippen molar-refractivity contribution in [3.63, 3.8) is 0 Å². The lowest BCUT2D eigenvalue weighted by molar-refractivity contribution is -0.123. The van der Waals surface area contributed by atoms with Crippen LogP contribution in [0.15, 0.2) is 24.3 Å². The lowest BCUT2D eigenvalue weighted by Crippen LogP contribution is -2.44. The van der Waals surface area contributed by atoms with Crippen molar-refractivity contribution in [3.05, 3.63) is 34.9 Å². The van der Waals surface area contributed by atoms with E-state index in [1.165, 1.54) is 0 Å². The molecule has 1 amide bonds. The third-order valence-corrected chi connectivity index (χ3v) is 4.11. The molecule has 5 heteroatoms. The Morgan fingerprint density at radius 1 is 1.39 bits per heavy atom. The second-order valence-corrected chi connectivity index (χ2v) is 7.80. The van der Waals surface area contributed by atoms with Crippen LogP contribution in [0.4, 0.5) is 0 Å². The minimum Gasteiger partial charge on any atom is -0.378 e. The van der Waals surface area contributed by atoms with Crippen LogP contribution in [0.1, 0.15) is 45.2 Å². The Morgan fingerprint density at radius 2 is 2.09 bits per heavy atom. The van der Waals surface area contributed by atoms with Gasteiger partial charge in [0.25, 0.3) is 0 Å². The predicted molar refractivity (Wildman–Crippen MR) is 93.6 cm³/mol. The number of morpholine rings is 1. The predicted octanol–water partition coefficient (Wildman–Crippen LogP) is 3.31. The van der Waals surface area contributed by atoms with Gasteiger partial charge in [-0.1, -0.05) is 44.5 Å². The molecule has 0 saturated carbocycles. The molecule has 1 aliphatic heterocycles. The summed E-state index contributed by atoms with van der Waals surface area (Å²) in [5.74, 6) is 0.0530. The number of carbonyl (C=O) groups excluding carboxylic acids is 1. The smallest absolute Gasteiger partial charge is 0.222 e. The summed E-state index contributed by atoms with van der Waals surface area (Å²) in [7, 11) is 0. The van der Waals surface area contributed by atoms with Gasteiger partial charge in [-0.05, 0) is 29.5 Å². The van der Waals surface area contributed by atoms with Gasteiger partial charge in [0, 0.05) is 24.0 Å². The Balaban J connectivity index is 2.01. The van der Waals surface area contributed by atoms with Gasteiger partial charge >= 0.3 is 0 Å². The second kappa shape index (κ2) is 8.13. The van der Waals surface area contributed by atoms with Crippen LogP contribution in [-0.2, 0) is 9.53 Å². The Labute approximate surface area is 143 Å². The summed E-state index contributed by atoms with van der Waals surface area (Å²) in [6.07, 6.45) is 1.31. The molecule has 2 atom stereocenters. The van der Waals surface area contributed by atoms with Gasteiger partial charge in [0.15, 0.2) is 0 Å². The van der Waals surface area contributed by atoms with Gasteiger partial charge in [-0.2, -0.15) is 0 Å². The molecule has 23 heavy (non-hydrogen) atoms. The van der Waals surface area contributed by atoms with Crippen LogP contribution in [-0.4, -0.2) is 31.7 Å². The molecule has 1 aliphatic rings. The van der Waals surface area contributed by atoms with Crippen molar-refractivity contribution in [2.24, 2.45) is 5.41 Å². The highest BCUT2D eigenvalue weighted by atomic mass is 35.5. The van der Waals surface area contributed by atoms with Crippen LogP contribution < -0.4 is 10.6 Å². The SMILES string of the molecule is CC(C)(C)CC(NC(=O)CC1COCCN1)c1ccc(Cl)cc1. The summed E-state index contributed by atoms with van der Waals surface area (Å²) in [4.78, 5) is 12.4. The van der Waals surface area contributed by atoms with E-state index < -0.39 is 0 Å². The molecule has 1 fully saturated rings. The fourth-order valence-corrected chi connectivity index (χ4v) is 2.91. The maximum atomic E-state index is 12.4. The number of ether oxygens (including phenoxy) is 1. The zero-order valence-corrected chi connectivity index (χ0v) is 15.0. The number of amides is 1. The number of hydrogen-bond acceptors (Lipinski definition) is 3. The number of hydrogen-bond donors (Lipinski definition) is 2. The topological polar surface area (TPSA) is 50.4 Å². The molecule has 1 heterocycles. The molecule has 0 radical (unpaired) electrons. The molecule has 0 aliphatic carbocycles. The number of halogens is 1. The molecular weight excluding hydrogens is 312 g/mol. The monoisotopic (exact) mass is 338 g/mol. The van der Waals surface area contributed by atoms with Crippen molar-refractivity contribution in [1.82, 2.24) is 10.6 Å². The first-order valence-electron chi connectivity index (χ1n) is 8.19. The number of carbonyl (C=O) groups is 1. The van der Waals surface area contributed by atoms with Crippen molar-refractivity contribution in [3.8, 4) is 0 Å². The maximum Gasteiger partial charge on any atom is 0.222 e. The zero-order chi connectivity index (χ0) is 16.9. The molecule has 2 rings (SSSR count). The molecule has 1 aromatic rings. The van der Waals surface area contributed by atoms with E-state index >= 15 is 0 Å². The van der Waals surface area contributed by atoms with Gasteiger partial charge < -0.3 is 15.4 Å². The molecule has 128 valence electrons. The van der Waals surface area contributed by atoms with E-state index in [4.69, 9.17) is 16.3 Å². The number of benzene rings is 1. The largest absolute Gasteiger partial charge is 0.378 e. The lowest BCUT2D eigenvalue weighted by Gasteiger charge is -2.29. The fraction of sp³-hybridized carbons (Fsp3) is 0.611. The summed E-state index contributed by atoms with van der Waals surface area (Å²) in [6.45, 7) is 8.66. The molecule has 2 N–H and O–H groups in total. The highest BCUT2D eigenvalue weighted by molar-refractivity contribution is 6.30. The Kier molecular flexibility index (Phi) is 6.45. The average molecular weight is 339 g/mol. The van der Waals surface area contributed by atoms with E-state index in [1.807, 2.05) is 24.3 Å². The van der Waals surface area contributed by atoms with Crippen molar-refractivity contribution < 1.29 is 9.53 Å². The van der Waals surface area contributed by atoms with Gasteiger partial charge in [-0.25, -0.2) is 0 Å². The van der Waals surface area contributed by atoms with Gasteiger partial charge in [0.2, 0.25) is 5.91 Å². The normalized spacial score (nSPS) is 20.1. The molecule has 0 spiro atoms. The van der Waals surface area contributed by atoms with Gasteiger partial charge in [0.05, 0.1) is 19.3 Å². The highest BCUT2D eigenvalue weighted by Crippen LogP contribution is 2.30. The second-order valence-electron chi connectivity index (χ2n) is 7.37. The van der Waals surface area contributed by atoms with Gasteiger partial charge in [-0.3, -0.25) is 4.79 Å². The van der Waals surface area contributed by atoms with Crippen LogP contribution in [0.25, 0.3) is 0 Å². The summed E-state index contributed by atoms with van der Waals surface area (Å²) < 4.78 is 5.41. The molecule has 1 aromatic carbocycles. The molecular formula is C18H27ClN2O2. The van der Waals surface area contributed by atoms with Crippen molar-refractivity contribution >= 4 is 17.5 Å². The zero-order valence-electron chi connectivity index (χ0n) is 14.2. The van der Waals surface area contributed by atoms with Crippen molar-refractivity contribution in [1.29, 1.82) is 0 Å². The Hall–Kier alpha value is -1.10. The van der Waals surface area contributed by atoms with Crippen molar-refractivity contribution in [2.45, 2.75) is 45.7 Å². The maximum absolute atomic E-state index is 12.4. The standard InChI is InChI=1S/C18H27ClN2O2/c1-18(2,3)11-16(13-4-6-14(19)7-5-13)21-17(22)10-15-12-23-9-8-20-15/h4-7,15-16,20H,8-12H2,1-3H3,(H,21,22). The minimum atomic E-state index is -0.00993. The van der Waals surface area contributed by atoms with Gasteiger partial charge in [0.1, 0.15) is 0 Å². The Bertz CT molecular complexity index is 505. The van der Waals surface area contributed by atoms with Crippen LogP contribution >= 0.6 is 11.6 Å². The van der Waals surface area contributed by atoms with Gasteiger partial charge in [-0.15, -0.1) is 0 Å². The van der Waals surface area contributed by atoms with E-state index in [2.05, 4.69) is 31.4 Å². The molecule has 4 nitrogen and oxygen atoms in total. The van der Waals surface area contributed by atoms with Crippen LogP contribution in [0.2, 0.25) is 5.02 Å². The molecule has 1 saturated heterocycles. The average Bonchev–Trinajstić information content (AvgIpc) is 2.47. The summed E-state index contributed by atoms with van der Waals surface area (Å²) in [5.41, 5.74) is 1.20. The van der Waals surface area contributed by atoms with E-state index in [0.717, 1.165) is 25.1 Å². The third kappa shape index (κ3) is 6.50. The third-order valence-electron chi connectivity index (χ3n) is 3.85. The summed E-state index contributed by atoms with van der Waals surface area (Å²) >= 11 is 5.97. The van der Waals surface area contributed by atoms with Crippen LogP contribution in [0.3, 0.4) is 0 Å². The molecule has 2 unspecified atom stereocenters.